The van der Waals surface area contributed by atoms with Crippen molar-refractivity contribution < 1.29 is 23.9 Å². The molecule has 0 unspecified atom stereocenters. The van der Waals surface area contributed by atoms with Crippen LogP contribution in [0.1, 0.15) is 52.4 Å². The van der Waals surface area contributed by atoms with Gasteiger partial charge in [-0.2, -0.15) is 0 Å². The molecule has 0 aromatic heterocycles. The Hall–Kier alpha value is -2.87. The van der Waals surface area contributed by atoms with E-state index in [0.29, 0.717) is 23.9 Å². The van der Waals surface area contributed by atoms with Crippen molar-refractivity contribution in [3.05, 3.63) is 36.4 Å². The first-order valence-electron chi connectivity index (χ1n) is 13.3. The number of rotatable bonds is 8. The molecular formula is C28H37N3O5. The SMILES string of the molecule is COc1ccc(NC(=O)[C@H]2[C@H]3C=C[C@]4(O3)[C@H](C(=O)NC3CCCCC3)N(CCC(C)C)C(=O)[C@@H]24)cc1. The standard InChI is InChI=1S/C28H37N3O5/c1-17(2)14-16-31-24(26(33)30-18-7-5-4-6-8-18)28-15-13-21(36-28)22(23(28)27(31)34)25(32)29-19-9-11-20(35-3)12-10-19/h9-13,15,17-18,21-24H,4-8,14,16H2,1-3H3,(H,29,32)(H,30,33)/t21-,22+,23-,24+,28-/m1/s1. The minimum atomic E-state index is -1.11. The number of anilines is 1. The van der Waals surface area contributed by atoms with Crippen molar-refractivity contribution in [1.82, 2.24) is 10.2 Å². The number of benzene rings is 1. The highest BCUT2D eigenvalue weighted by atomic mass is 16.5. The van der Waals surface area contributed by atoms with Gasteiger partial charge in [0.15, 0.2) is 0 Å². The molecule has 5 rings (SSSR count). The Morgan fingerprint density at radius 1 is 1.14 bits per heavy atom. The summed E-state index contributed by atoms with van der Waals surface area (Å²) >= 11 is 0. The lowest BCUT2D eigenvalue weighted by molar-refractivity contribution is -0.141. The van der Waals surface area contributed by atoms with E-state index in [0.717, 1.165) is 32.1 Å². The summed E-state index contributed by atoms with van der Waals surface area (Å²) < 4.78 is 11.6. The highest BCUT2D eigenvalue weighted by Crippen LogP contribution is 2.55. The summed E-state index contributed by atoms with van der Waals surface area (Å²) in [5.41, 5.74) is -0.491. The summed E-state index contributed by atoms with van der Waals surface area (Å²) in [4.78, 5) is 42.8. The zero-order valence-corrected chi connectivity index (χ0v) is 21.4. The van der Waals surface area contributed by atoms with Crippen molar-refractivity contribution in [3.63, 3.8) is 0 Å². The molecule has 3 fully saturated rings. The fraction of sp³-hybridized carbons (Fsp3) is 0.607. The number of carbonyl (C=O) groups is 3. The summed E-state index contributed by atoms with van der Waals surface area (Å²) in [7, 11) is 1.59. The average Bonchev–Trinajstić information content (AvgIpc) is 3.51. The van der Waals surface area contributed by atoms with Crippen molar-refractivity contribution in [2.45, 2.75) is 76.2 Å². The Bertz CT molecular complexity index is 1030. The maximum Gasteiger partial charge on any atom is 0.246 e. The average molecular weight is 496 g/mol. The summed E-state index contributed by atoms with van der Waals surface area (Å²) in [5.74, 6) is -0.953. The lowest BCUT2D eigenvalue weighted by atomic mass is 9.74. The number of methoxy groups -OCH3 is 1. The highest BCUT2D eigenvalue weighted by molar-refractivity contribution is 6.02. The molecule has 1 aliphatic carbocycles. The molecule has 0 radical (unpaired) electrons. The van der Waals surface area contributed by atoms with E-state index in [1.54, 1.807) is 36.3 Å². The fourth-order valence-electron chi connectivity index (χ4n) is 6.33. The van der Waals surface area contributed by atoms with Crippen LogP contribution in [0, 0.1) is 17.8 Å². The van der Waals surface area contributed by atoms with Crippen molar-refractivity contribution >= 4 is 23.4 Å². The maximum absolute atomic E-state index is 13.9. The number of nitrogens with one attached hydrogen (secondary N) is 2. The highest BCUT2D eigenvalue weighted by Gasteiger charge is 2.72. The second-order valence-corrected chi connectivity index (χ2v) is 11.0. The van der Waals surface area contributed by atoms with Gasteiger partial charge in [-0.05, 0) is 49.4 Å². The van der Waals surface area contributed by atoms with Gasteiger partial charge in [0.2, 0.25) is 17.7 Å². The first-order valence-corrected chi connectivity index (χ1v) is 13.3. The molecule has 2 bridgehead atoms. The van der Waals surface area contributed by atoms with E-state index in [-0.39, 0.29) is 23.8 Å². The Morgan fingerprint density at radius 3 is 2.53 bits per heavy atom. The van der Waals surface area contributed by atoms with Crippen LogP contribution >= 0.6 is 0 Å². The molecular weight excluding hydrogens is 458 g/mol. The van der Waals surface area contributed by atoms with Gasteiger partial charge in [-0.15, -0.1) is 0 Å². The molecule has 8 nitrogen and oxygen atoms in total. The Kier molecular flexibility index (Phi) is 6.81. The van der Waals surface area contributed by atoms with E-state index >= 15 is 0 Å². The maximum atomic E-state index is 13.9. The lowest BCUT2D eigenvalue weighted by Crippen LogP contribution is -2.56. The molecule has 3 amide bonds. The van der Waals surface area contributed by atoms with Crippen LogP contribution in [0.5, 0.6) is 5.75 Å². The summed E-state index contributed by atoms with van der Waals surface area (Å²) in [6, 6.07) is 6.43. The Morgan fingerprint density at radius 2 is 1.86 bits per heavy atom. The molecule has 2 saturated heterocycles. The van der Waals surface area contributed by atoms with Crippen LogP contribution in [-0.4, -0.2) is 60.1 Å². The molecule has 4 aliphatic rings. The zero-order valence-electron chi connectivity index (χ0n) is 21.4. The Labute approximate surface area is 212 Å². The lowest BCUT2D eigenvalue weighted by Gasteiger charge is -2.34. The number of amides is 3. The van der Waals surface area contributed by atoms with Gasteiger partial charge >= 0.3 is 0 Å². The molecule has 5 atom stereocenters. The molecule has 1 aromatic rings. The molecule has 194 valence electrons. The van der Waals surface area contributed by atoms with E-state index < -0.39 is 29.6 Å². The van der Waals surface area contributed by atoms with Crippen molar-refractivity contribution in [3.8, 4) is 5.75 Å². The van der Waals surface area contributed by atoms with Gasteiger partial charge in [-0.3, -0.25) is 14.4 Å². The van der Waals surface area contributed by atoms with Gasteiger partial charge in [-0.25, -0.2) is 0 Å². The van der Waals surface area contributed by atoms with Crippen molar-refractivity contribution in [2.75, 3.05) is 19.0 Å². The van der Waals surface area contributed by atoms with Gasteiger partial charge in [0, 0.05) is 18.3 Å². The number of likely N-dealkylation sites (tertiary alicyclic amines) is 1. The topological polar surface area (TPSA) is 97.0 Å². The van der Waals surface area contributed by atoms with Crippen LogP contribution in [0.25, 0.3) is 0 Å². The molecule has 3 heterocycles. The minimum absolute atomic E-state index is 0.125. The molecule has 1 aromatic carbocycles. The molecule has 2 N–H and O–H groups in total. The predicted molar refractivity (Wildman–Crippen MR) is 135 cm³/mol. The molecule has 36 heavy (non-hydrogen) atoms. The van der Waals surface area contributed by atoms with Gasteiger partial charge in [0.25, 0.3) is 0 Å². The zero-order chi connectivity index (χ0) is 25.4. The van der Waals surface area contributed by atoms with Crippen LogP contribution in [0.3, 0.4) is 0 Å². The minimum Gasteiger partial charge on any atom is -0.497 e. The number of fused-ring (bicyclic) bond motifs is 1. The monoisotopic (exact) mass is 495 g/mol. The van der Waals surface area contributed by atoms with Gasteiger partial charge in [0.05, 0.1) is 25.0 Å². The second kappa shape index (κ2) is 9.88. The van der Waals surface area contributed by atoms with Crippen molar-refractivity contribution in [1.29, 1.82) is 0 Å². The van der Waals surface area contributed by atoms with Gasteiger partial charge < -0.3 is 25.0 Å². The largest absolute Gasteiger partial charge is 0.497 e. The molecule has 8 heteroatoms. The second-order valence-electron chi connectivity index (χ2n) is 11.0. The van der Waals surface area contributed by atoms with E-state index in [1.807, 2.05) is 12.2 Å². The molecule has 1 saturated carbocycles. The summed E-state index contributed by atoms with van der Waals surface area (Å²) in [6.45, 7) is 4.67. The summed E-state index contributed by atoms with van der Waals surface area (Å²) in [6.07, 6.45) is 9.29. The third kappa shape index (κ3) is 4.29. The fourth-order valence-corrected chi connectivity index (χ4v) is 6.33. The first kappa shape index (κ1) is 24.8. The van der Waals surface area contributed by atoms with Crippen LogP contribution < -0.4 is 15.4 Å². The predicted octanol–water partition coefficient (Wildman–Crippen LogP) is 3.28. The smallest absolute Gasteiger partial charge is 0.246 e. The van der Waals surface area contributed by atoms with Gasteiger partial charge in [0.1, 0.15) is 17.4 Å². The number of nitrogens with zero attached hydrogens (tertiary/aromatic N) is 1. The van der Waals surface area contributed by atoms with Crippen LogP contribution in [0.15, 0.2) is 36.4 Å². The van der Waals surface area contributed by atoms with Gasteiger partial charge in [-0.1, -0.05) is 45.3 Å². The van der Waals surface area contributed by atoms with Crippen LogP contribution in [-0.2, 0) is 19.1 Å². The number of carbonyl (C=O) groups excluding carboxylic acids is 3. The molecule has 1 spiro atoms. The van der Waals surface area contributed by atoms with Crippen molar-refractivity contribution in [2.24, 2.45) is 17.8 Å². The van der Waals surface area contributed by atoms with E-state index in [1.165, 1.54) is 6.42 Å². The summed E-state index contributed by atoms with van der Waals surface area (Å²) in [5, 5.41) is 6.17. The van der Waals surface area contributed by atoms with E-state index in [2.05, 4.69) is 24.5 Å². The normalized spacial score (nSPS) is 31.1. The number of ether oxygens (including phenoxy) is 2. The number of hydrogen-bond acceptors (Lipinski definition) is 5. The first-order chi connectivity index (χ1) is 17.3. The van der Waals surface area contributed by atoms with Crippen LogP contribution in [0.2, 0.25) is 0 Å². The number of hydrogen-bond donors (Lipinski definition) is 2. The third-order valence-corrected chi connectivity index (χ3v) is 8.18. The Balaban J connectivity index is 1.41. The third-order valence-electron chi connectivity index (χ3n) is 8.18. The van der Waals surface area contributed by atoms with E-state index in [4.69, 9.17) is 9.47 Å². The van der Waals surface area contributed by atoms with E-state index in [9.17, 15) is 14.4 Å². The quantitative estimate of drug-likeness (QED) is 0.540. The molecule has 3 aliphatic heterocycles. The van der Waals surface area contributed by atoms with Crippen LogP contribution in [0.4, 0.5) is 5.69 Å².